The first-order chi connectivity index (χ1) is 9.02. The van der Waals surface area contributed by atoms with E-state index < -0.39 is 0 Å². The average molecular weight is 256 g/mol. The third-order valence-electron chi connectivity index (χ3n) is 2.59. The molecule has 0 atom stereocenters. The lowest BCUT2D eigenvalue weighted by atomic mass is 10.1. The fourth-order valence-electron chi connectivity index (χ4n) is 1.75. The van der Waals surface area contributed by atoms with Crippen molar-refractivity contribution in [3.63, 3.8) is 0 Å². The lowest BCUT2D eigenvalue weighted by molar-refractivity contribution is 0.101. The van der Waals surface area contributed by atoms with Crippen molar-refractivity contribution in [2.75, 3.05) is 5.32 Å². The predicted molar refractivity (Wildman–Crippen MR) is 68.2 cm³/mol. The van der Waals surface area contributed by atoms with Gasteiger partial charge in [0.2, 0.25) is 5.88 Å². The van der Waals surface area contributed by atoms with Crippen LogP contribution in [0, 0.1) is 25.2 Å². The largest absolute Gasteiger partial charge is 0.443 e. The van der Waals surface area contributed by atoms with Gasteiger partial charge in [-0.1, -0.05) is 0 Å². The molecule has 6 nitrogen and oxygen atoms in total. The molecule has 0 aromatic carbocycles. The standard InChI is InChI=1S/C13H12N4O2/c1-7-4-5-11(17-16-7)15-13-10(6-14)12(8(2)18)9(3)19-13/h4-5H,1-3H3,(H,15,17). The number of rotatable bonds is 3. The van der Waals surface area contributed by atoms with E-state index in [0.717, 1.165) is 5.69 Å². The molecule has 0 saturated carbocycles. The zero-order chi connectivity index (χ0) is 14.0. The molecule has 0 bridgehead atoms. The number of nitrogens with zero attached hydrogens (tertiary/aromatic N) is 3. The summed E-state index contributed by atoms with van der Waals surface area (Å²) in [5, 5.41) is 19.8. The van der Waals surface area contributed by atoms with Crippen LogP contribution in [0.5, 0.6) is 0 Å². The van der Waals surface area contributed by atoms with Crippen molar-refractivity contribution in [2.45, 2.75) is 20.8 Å². The number of furan rings is 1. The van der Waals surface area contributed by atoms with E-state index >= 15 is 0 Å². The quantitative estimate of drug-likeness (QED) is 0.848. The van der Waals surface area contributed by atoms with Crippen LogP contribution < -0.4 is 5.32 Å². The van der Waals surface area contributed by atoms with Crippen LogP contribution in [0.3, 0.4) is 0 Å². The molecule has 0 spiro atoms. The smallest absolute Gasteiger partial charge is 0.217 e. The van der Waals surface area contributed by atoms with E-state index in [0.29, 0.717) is 17.1 Å². The first kappa shape index (κ1) is 12.8. The van der Waals surface area contributed by atoms with Gasteiger partial charge in [-0.2, -0.15) is 10.4 Å². The highest BCUT2D eigenvalue weighted by molar-refractivity contribution is 5.99. The summed E-state index contributed by atoms with van der Waals surface area (Å²) in [7, 11) is 0. The van der Waals surface area contributed by atoms with Crippen LogP contribution in [0.1, 0.15) is 34.3 Å². The lowest BCUT2D eigenvalue weighted by Crippen LogP contribution is -1.99. The molecule has 0 radical (unpaired) electrons. The number of Topliss-reactive ketones (excluding diaryl/α,β-unsaturated/α-hetero) is 1. The Bertz CT molecular complexity index is 665. The van der Waals surface area contributed by atoms with Crippen molar-refractivity contribution in [3.8, 4) is 6.07 Å². The van der Waals surface area contributed by atoms with E-state index in [-0.39, 0.29) is 17.2 Å². The molecule has 2 aromatic rings. The Hall–Kier alpha value is -2.68. The van der Waals surface area contributed by atoms with Gasteiger partial charge in [0.15, 0.2) is 11.6 Å². The van der Waals surface area contributed by atoms with E-state index in [1.54, 1.807) is 19.1 Å². The highest BCUT2D eigenvalue weighted by atomic mass is 16.4. The molecular weight excluding hydrogens is 244 g/mol. The number of ketones is 1. The highest BCUT2D eigenvalue weighted by Crippen LogP contribution is 2.28. The maximum absolute atomic E-state index is 11.5. The second-order valence-corrected chi connectivity index (χ2v) is 4.09. The van der Waals surface area contributed by atoms with Gasteiger partial charge in [0.1, 0.15) is 17.4 Å². The van der Waals surface area contributed by atoms with Crippen molar-refractivity contribution in [2.24, 2.45) is 0 Å². The van der Waals surface area contributed by atoms with Gasteiger partial charge in [0.05, 0.1) is 11.3 Å². The maximum atomic E-state index is 11.5. The van der Waals surface area contributed by atoms with Crippen LogP contribution in [0.2, 0.25) is 0 Å². The Morgan fingerprint density at radius 1 is 1.37 bits per heavy atom. The van der Waals surface area contributed by atoms with E-state index in [2.05, 4.69) is 15.5 Å². The number of carbonyl (C=O) groups is 1. The molecule has 6 heteroatoms. The molecule has 0 aliphatic rings. The van der Waals surface area contributed by atoms with Crippen LogP contribution in [0.15, 0.2) is 16.5 Å². The molecule has 2 rings (SSSR count). The number of aromatic nitrogens is 2. The van der Waals surface area contributed by atoms with Gasteiger partial charge in [-0.15, -0.1) is 5.10 Å². The van der Waals surface area contributed by atoms with Crippen LogP contribution in [-0.4, -0.2) is 16.0 Å². The molecule has 2 heterocycles. The monoisotopic (exact) mass is 256 g/mol. The number of hydrogen-bond donors (Lipinski definition) is 1. The Morgan fingerprint density at radius 3 is 2.63 bits per heavy atom. The summed E-state index contributed by atoms with van der Waals surface area (Å²) in [4.78, 5) is 11.5. The highest BCUT2D eigenvalue weighted by Gasteiger charge is 2.21. The Labute approximate surface area is 110 Å². The zero-order valence-corrected chi connectivity index (χ0v) is 10.8. The summed E-state index contributed by atoms with van der Waals surface area (Å²) in [5.74, 6) is 0.863. The van der Waals surface area contributed by atoms with Crippen molar-refractivity contribution < 1.29 is 9.21 Å². The SMILES string of the molecule is CC(=O)c1c(C)oc(Nc2ccc(C)nn2)c1C#N. The third-order valence-corrected chi connectivity index (χ3v) is 2.59. The van der Waals surface area contributed by atoms with Crippen molar-refractivity contribution in [1.82, 2.24) is 10.2 Å². The van der Waals surface area contributed by atoms with Crippen molar-refractivity contribution in [1.29, 1.82) is 5.26 Å². The summed E-state index contributed by atoms with van der Waals surface area (Å²) in [5.41, 5.74) is 1.27. The Kier molecular flexibility index (Phi) is 3.29. The fourth-order valence-corrected chi connectivity index (χ4v) is 1.75. The van der Waals surface area contributed by atoms with Gasteiger partial charge in [0.25, 0.3) is 0 Å². The van der Waals surface area contributed by atoms with Gasteiger partial charge in [-0.05, 0) is 32.9 Å². The van der Waals surface area contributed by atoms with Crippen LogP contribution in [0.25, 0.3) is 0 Å². The topological polar surface area (TPSA) is 91.8 Å². The minimum absolute atomic E-state index is 0.187. The maximum Gasteiger partial charge on any atom is 0.217 e. The fraction of sp³-hybridized carbons (Fsp3) is 0.231. The molecular formula is C13H12N4O2. The molecule has 0 unspecified atom stereocenters. The summed E-state index contributed by atoms with van der Waals surface area (Å²) in [6.45, 7) is 4.86. The summed E-state index contributed by atoms with van der Waals surface area (Å²) in [6.07, 6.45) is 0. The van der Waals surface area contributed by atoms with Crippen LogP contribution in [0.4, 0.5) is 11.7 Å². The molecule has 1 N–H and O–H groups in total. The molecule has 0 aliphatic heterocycles. The molecule has 96 valence electrons. The zero-order valence-electron chi connectivity index (χ0n) is 10.8. The van der Waals surface area contributed by atoms with E-state index in [1.807, 2.05) is 13.0 Å². The van der Waals surface area contributed by atoms with Crippen LogP contribution in [-0.2, 0) is 0 Å². The number of nitriles is 1. The lowest BCUT2D eigenvalue weighted by Gasteiger charge is -2.01. The van der Waals surface area contributed by atoms with Gasteiger partial charge in [0, 0.05) is 0 Å². The van der Waals surface area contributed by atoms with Crippen molar-refractivity contribution in [3.05, 3.63) is 34.7 Å². The van der Waals surface area contributed by atoms with Crippen LogP contribution >= 0.6 is 0 Å². The molecule has 2 aromatic heterocycles. The Balaban J connectivity index is 2.41. The first-order valence-corrected chi connectivity index (χ1v) is 5.64. The number of hydrogen-bond acceptors (Lipinski definition) is 6. The summed E-state index contributed by atoms with van der Waals surface area (Å²) >= 11 is 0. The van der Waals surface area contributed by atoms with Gasteiger partial charge < -0.3 is 9.73 Å². The number of aryl methyl sites for hydroxylation is 2. The molecule has 0 saturated heterocycles. The second kappa shape index (κ2) is 4.90. The van der Waals surface area contributed by atoms with Gasteiger partial charge >= 0.3 is 0 Å². The predicted octanol–water partition coefficient (Wildman–Crippen LogP) is 2.50. The minimum Gasteiger partial charge on any atom is -0.443 e. The third kappa shape index (κ3) is 2.45. The molecule has 0 aliphatic carbocycles. The number of carbonyl (C=O) groups excluding carboxylic acids is 1. The second-order valence-electron chi connectivity index (χ2n) is 4.09. The summed E-state index contributed by atoms with van der Waals surface area (Å²) < 4.78 is 5.41. The first-order valence-electron chi connectivity index (χ1n) is 5.64. The van der Waals surface area contributed by atoms with E-state index in [9.17, 15) is 4.79 Å². The molecule has 0 fully saturated rings. The molecule has 19 heavy (non-hydrogen) atoms. The summed E-state index contributed by atoms with van der Waals surface area (Å²) in [6, 6.07) is 5.47. The van der Waals surface area contributed by atoms with Gasteiger partial charge in [-0.3, -0.25) is 4.79 Å². The minimum atomic E-state index is -0.208. The molecule has 0 amide bonds. The normalized spacial score (nSPS) is 10.0. The van der Waals surface area contributed by atoms with E-state index in [4.69, 9.17) is 9.68 Å². The van der Waals surface area contributed by atoms with Gasteiger partial charge in [-0.25, -0.2) is 0 Å². The van der Waals surface area contributed by atoms with Crippen molar-refractivity contribution >= 4 is 17.5 Å². The Morgan fingerprint density at radius 2 is 2.11 bits per heavy atom. The number of nitrogens with one attached hydrogen (secondary N) is 1. The van der Waals surface area contributed by atoms with E-state index in [1.165, 1.54) is 6.92 Å². The average Bonchev–Trinajstić information content (AvgIpc) is 2.68. The number of anilines is 2.